The van der Waals surface area contributed by atoms with Crippen LogP contribution in [-0.2, 0) is 16.6 Å². The molecule has 6 rings (SSSR count). The van der Waals surface area contributed by atoms with Crippen molar-refractivity contribution in [1.82, 2.24) is 9.80 Å². The number of aryl methyl sites for hydroxylation is 1. The molecule has 1 amide bonds. The topological polar surface area (TPSA) is 32.8 Å². The summed E-state index contributed by atoms with van der Waals surface area (Å²) in [5, 5.41) is 0. The van der Waals surface area contributed by atoms with Gasteiger partial charge in [-0.3, -0.25) is 0 Å². The van der Waals surface area contributed by atoms with E-state index in [4.69, 9.17) is 4.74 Å². The molecule has 3 heterocycles. The Hall–Kier alpha value is -1.55. The van der Waals surface area contributed by atoms with Gasteiger partial charge >= 0.3 is 6.09 Å². The normalized spacial score (nSPS) is 33.2. The summed E-state index contributed by atoms with van der Waals surface area (Å²) in [6, 6.07) is 10.6. The fraction of sp³-hybridized carbons (Fsp3) is 0.731. The van der Waals surface area contributed by atoms with E-state index in [0.29, 0.717) is 23.5 Å². The molecule has 4 fully saturated rings. The van der Waals surface area contributed by atoms with Crippen molar-refractivity contribution >= 4 is 6.09 Å². The molecule has 2 atom stereocenters. The number of carbonyl (C=O) groups excluding carboxylic acids is 1. The zero-order valence-corrected chi connectivity index (χ0v) is 18.2. The number of fused-ring (bicyclic) bond motifs is 4. The van der Waals surface area contributed by atoms with Crippen LogP contribution in [0.5, 0.6) is 0 Å². The Labute approximate surface area is 180 Å². The second kappa shape index (κ2) is 7.55. The van der Waals surface area contributed by atoms with Crippen molar-refractivity contribution in [2.75, 3.05) is 13.1 Å². The summed E-state index contributed by atoms with van der Waals surface area (Å²) in [6.45, 7) is 2.45. The molecule has 1 spiro atoms. The first-order chi connectivity index (χ1) is 14.7. The van der Waals surface area contributed by atoms with Gasteiger partial charge in [0.2, 0.25) is 0 Å². The Morgan fingerprint density at radius 2 is 1.60 bits per heavy atom. The van der Waals surface area contributed by atoms with E-state index in [9.17, 15) is 4.79 Å². The van der Waals surface area contributed by atoms with Crippen LogP contribution in [0.2, 0.25) is 0 Å². The van der Waals surface area contributed by atoms with Crippen LogP contribution in [0, 0.1) is 0 Å². The molecule has 0 N–H and O–H groups in total. The summed E-state index contributed by atoms with van der Waals surface area (Å²) in [7, 11) is 0. The summed E-state index contributed by atoms with van der Waals surface area (Å²) in [5.74, 6) is 0. The van der Waals surface area contributed by atoms with Crippen molar-refractivity contribution in [2.24, 2.45) is 0 Å². The quantitative estimate of drug-likeness (QED) is 0.687. The molecule has 1 aromatic rings. The van der Waals surface area contributed by atoms with E-state index in [0.717, 1.165) is 25.7 Å². The lowest BCUT2D eigenvalue weighted by atomic mass is 9.73. The minimum atomic E-state index is -0.00647. The van der Waals surface area contributed by atoms with Gasteiger partial charge in [-0.1, -0.05) is 24.3 Å². The second-order valence-corrected chi connectivity index (χ2v) is 10.7. The van der Waals surface area contributed by atoms with Crippen LogP contribution in [0.3, 0.4) is 0 Å². The van der Waals surface area contributed by atoms with Gasteiger partial charge in [0, 0.05) is 18.1 Å². The molecule has 2 bridgehead atoms. The predicted molar refractivity (Wildman–Crippen MR) is 118 cm³/mol. The van der Waals surface area contributed by atoms with Gasteiger partial charge in [-0.15, -0.1) is 0 Å². The molecular weight excluding hydrogens is 372 g/mol. The van der Waals surface area contributed by atoms with Crippen LogP contribution >= 0.6 is 0 Å². The van der Waals surface area contributed by atoms with Crippen LogP contribution in [0.1, 0.15) is 81.8 Å². The standard InChI is InChI=1S/C26H36N2O2/c29-25(30-23-6-2-3-7-23)28-20-9-10-21(28)18-22(17-20)27-15-13-26(14-16-27)12-11-19-5-1-4-8-24(19)26/h1,4-5,8,20-23H,2-3,6-7,9-18H2. The highest BCUT2D eigenvalue weighted by molar-refractivity contribution is 5.69. The number of ether oxygens (including phenoxy) is 1. The molecule has 4 heteroatoms. The average molecular weight is 409 g/mol. The summed E-state index contributed by atoms with van der Waals surface area (Å²) >= 11 is 0. The van der Waals surface area contributed by atoms with Crippen LogP contribution in [-0.4, -0.2) is 53.2 Å². The third-order valence-electron chi connectivity index (χ3n) is 9.22. The zero-order valence-electron chi connectivity index (χ0n) is 18.2. The van der Waals surface area contributed by atoms with Crippen LogP contribution < -0.4 is 0 Å². The van der Waals surface area contributed by atoms with Crippen LogP contribution in [0.4, 0.5) is 4.79 Å². The lowest BCUT2D eigenvalue weighted by molar-refractivity contribution is 0.0123. The van der Waals surface area contributed by atoms with Crippen LogP contribution in [0.15, 0.2) is 24.3 Å². The van der Waals surface area contributed by atoms with Gasteiger partial charge in [-0.05, 0) is 107 Å². The van der Waals surface area contributed by atoms with Crippen LogP contribution in [0.25, 0.3) is 0 Å². The number of amides is 1. The molecule has 4 nitrogen and oxygen atoms in total. The Kier molecular flexibility index (Phi) is 4.82. The molecule has 0 radical (unpaired) electrons. The van der Waals surface area contributed by atoms with E-state index in [1.807, 2.05) is 0 Å². The SMILES string of the molecule is O=C(OC1CCCC1)N1C2CCC1CC(N1CCC3(CCc4ccccc43)CC1)C2. The summed E-state index contributed by atoms with van der Waals surface area (Å²) in [5.41, 5.74) is 3.69. The molecule has 1 saturated carbocycles. The fourth-order valence-electron chi connectivity index (χ4n) is 7.56. The number of benzene rings is 1. The summed E-state index contributed by atoms with van der Waals surface area (Å²) in [6.07, 6.45) is 14.6. The number of likely N-dealkylation sites (tertiary alicyclic amines) is 1. The largest absolute Gasteiger partial charge is 0.446 e. The van der Waals surface area contributed by atoms with Gasteiger partial charge in [0.15, 0.2) is 0 Å². The first kappa shape index (κ1) is 19.2. The highest BCUT2D eigenvalue weighted by Gasteiger charge is 2.48. The first-order valence-electron chi connectivity index (χ1n) is 12.5. The highest BCUT2D eigenvalue weighted by atomic mass is 16.6. The lowest BCUT2D eigenvalue weighted by Gasteiger charge is -2.47. The van der Waals surface area contributed by atoms with Gasteiger partial charge in [0.1, 0.15) is 6.10 Å². The minimum Gasteiger partial charge on any atom is -0.446 e. The van der Waals surface area contributed by atoms with Gasteiger partial charge in [0.05, 0.1) is 0 Å². The molecule has 30 heavy (non-hydrogen) atoms. The van der Waals surface area contributed by atoms with Crippen molar-refractivity contribution in [3.8, 4) is 0 Å². The summed E-state index contributed by atoms with van der Waals surface area (Å²) < 4.78 is 5.88. The molecule has 1 aromatic carbocycles. The maximum Gasteiger partial charge on any atom is 0.410 e. The smallest absolute Gasteiger partial charge is 0.410 e. The maximum atomic E-state index is 12.9. The molecule has 2 aliphatic carbocycles. The Bertz CT molecular complexity index is 780. The van der Waals surface area contributed by atoms with Crippen molar-refractivity contribution in [1.29, 1.82) is 0 Å². The molecule has 2 unspecified atom stereocenters. The molecular formula is C26H36N2O2. The molecule has 3 saturated heterocycles. The minimum absolute atomic E-state index is 0.00647. The maximum absolute atomic E-state index is 12.9. The second-order valence-electron chi connectivity index (χ2n) is 10.7. The predicted octanol–water partition coefficient (Wildman–Crippen LogP) is 5.04. The lowest BCUT2D eigenvalue weighted by Crippen LogP contribution is -2.55. The van der Waals surface area contributed by atoms with Crippen molar-refractivity contribution < 1.29 is 9.53 Å². The molecule has 3 aliphatic heterocycles. The number of hydrogen-bond acceptors (Lipinski definition) is 3. The van der Waals surface area contributed by atoms with E-state index >= 15 is 0 Å². The van der Waals surface area contributed by atoms with E-state index in [1.54, 1.807) is 11.1 Å². The number of rotatable bonds is 2. The third-order valence-corrected chi connectivity index (χ3v) is 9.22. The van der Waals surface area contributed by atoms with E-state index in [-0.39, 0.29) is 12.2 Å². The molecule has 162 valence electrons. The number of carbonyl (C=O) groups is 1. The number of piperidine rings is 2. The van der Waals surface area contributed by atoms with E-state index < -0.39 is 0 Å². The Morgan fingerprint density at radius 3 is 2.33 bits per heavy atom. The van der Waals surface area contributed by atoms with Gasteiger partial charge in [-0.2, -0.15) is 0 Å². The van der Waals surface area contributed by atoms with Crippen molar-refractivity contribution in [2.45, 2.75) is 107 Å². The van der Waals surface area contributed by atoms with Crippen molar-refractivity contribution in [3.05, 3.63) is 35.4 Å². The van der Waals surface area contributed by atoms with E-state index in [1.165, 1.54) is 64.5 Å². The Balaban J connectivity index is 1.08. The average Bonchev–Trinajstić information content (AvgIpc) is 3.47. The summed E-state index contributed by atoms with van der Waals surface area (Å²) in [4.78, 5) is 17.8. The monoisotopic (exact) mass is 408 g/mol. The van der Waals surface area contributed by atoms with Gasteiger partial charge in [-0.25, -0.2) is 4.79 Å². The zero-order chi connectivity index (χ0) is 20.1. The number of hydrogen-bond donors (Lipinski definition) is 0. The molecule has 0 aromatic heterocycles. The Morgan fingerprint density at radius 1 is 0.900 bits per heavy atom. The fourth-order valence-corrected chi connectivity index (χ4v) is 7.56. The van der Waals surface area contributed by atoms with Gasteiger partial charge < -0.3 is 14.5 Å². The van der Waals surface area contributed by atoms with E-state index in [2.05, 4.69) is 34.1 Å². The first-order valence-corrected chi connectivity index (χ1v) is 12.5. The van der Waals surface area contributed by atoms with Gasteiger partial charge in [0.25, 0.3) is 0 Å². The van der Waals surface area contributed by atoms with Crippen molar-refractivity contribution in [3.63, 3.8) is 0 Å². The molecule has 5 aliphatic rings. The number of nitrogens with zero attached hydrogens (tertiary/aromatic N) is 2. The third kappa shape index (κ3) is 3.18. The highest BCUT2D eigenvalue weighted by Crippen LogP contribution is 2.47.